The molecule has 1 unspecified atom stereocenters. The highest BCUT2D eigenvalue weighted by atomic mass is 16.2. The maximum absolute atomic E-state index is 12.6. The van der Waals surface area contributed by atoms with E-state index in [1.54, 1.807) is 0 Å². The van der Waals surface area contributed by atoms with Gasteiger partial charge in [-0.05, 0) is 63.6 Å². The summed E-state index contributed by atoms with van der Waals surface area (Å²) in [6.07, 6.45) is 3.04. The van der Waals surface area contributed by atoms with Crippen LogP contribution in [0.4, 0.5) is 5.69 Å². The van der Waals surface area contributed by atoms with Gasteiger partial charge in [-0.15, -0.1) is 0 Å². The number of hydrogen-bond acceptors (Lipinski definition) is 2. The monoisotopic (exact) mass is 378 g/mol. The van der Waals surface area contributed by atoms with Crippen LogP contribution < -0.4 is 10.6 Å². The maximum atomic E-state index is 12.6. The van der Waals surface area contributed by atoms with Crippen LogP contribution >= 0.6 is 0 Å². The number of benzene rings is 2. The summed E-state index contributed by atoms with van der Waals surface area (Å²) in [5.41, 5.74) is 4.26. The van der Waals surface area contributed by atoms with Crippen molar-refractivity contribution >= 4 is 17.5 Å². The second-order valence-corrected chi connectivity index (χ2v) is 8.00. The Morgan fingerprint density at radius 1 is 0.893 bits per heavy atom. The Kier molecular flexibility index (Phi) is 6.50. The van der Waals surface area contributed by atoms with Gasteiger partial charge in [0.25, 0.3) is 0 Å². The van der Waals surface area contributed by atoms with Crippen molar-refractivity contribution in [2.45, 2.75) is 52.5 Å². The lowest BCUT2D eigenvalue weighted by Gasteiger charge is -2.28. The molecule has 2 aromatic rings. The van der Waals surface area contributed by atoms with Gasteiger partial charge in [0.1, 0.15) is 0 Å². The molecular formula is C24H30N2O2. The summed E-state index contributed by atoms with van der Waals surface area (Å²) in [5, 5.41) is 6.19. The largest absolute Gasteiger partial charge is 0.349 e. The van der Waals surface area contributed by atoms with Crippen molar-refractivity contribution in [1.82, 2.24) is 5.32 Å². The van der Waals surface area contributed by atoms with Gasteiger partial charge in [0.15, 0.2) is 0 Å². The predicted molar refractivity (Wildman–Crippen MR) is 113 cm³/mol. The number of amides is 2. The molecule has 1 aliphatic rings. The van der Waals surface area contributed by atoms with E-state index in [0.29, 0.717) is 0 Å². The third-order valence-corrected chi connectivity index (χ3v) is 5.77. The number of aryl methyl sites for hydroxylation is 2. The van der Waals surface area contributed by atoms with Crippen LogP contribution in [0.2, 0.25) is 0 Å². The van der Waals surface area contributed by atoms with Gasteiger partial charge in [-0.1, -0.05) is 48.0 Å². The van der Waals surface area contributed by atoms with Gasteiger partial charge in [0, 0.05) is 17.5 Å². The first-order chi connectivity index (χ1) is 13.4. The van der Waals surface area contributed by atoms with E-state index in [2.05, 4.69) is 16.7 Å². The molecule has 0 heterocycles. The lowest BCUT2D eigenvalue weighted by Crippen LogP contribution is -2.36. The van der Waals surface area contributed by atoms with Crippen molar-refractivity contribution in [3.05, 3.63) is 65.2 Å². The molecule has 2 aromatic carbocycles. The average molecular weight is 379 g/mol. The fourth-order valence-corrected chi connectivity index (χ4v) is 3.96. The molecule has 0 bridgehead atoms. The molecule has 0 saturated heterocycles. The highest BCUT2D eigenvalue weighted by Gasteiger charge is 2.30. The molecule has 4 heteroatoms. The number of anilines is 1. The number of nitrogens with one attached hydrogen (secondary N) is 2. The molecule has 4 nitrogen and oxygen atoms in total. The molecule has 2 N–H and O–H groups in total. The first kappa shape index (κ1) is 20.1. The summed E-state index contributed by atoms with van der Waals surface area (Å²) in [7, 11) is 0. The Bertz CT molecular complexity index is 824. The van der Waals surface area contributed by atoms with Crippen LogP contribution in [0.1, 0.15) is 55.3 Å². The zero-order valence-corrected chi connectivity index (χ0v) is 17.0. The molecular weight excluding hydrogens is 348 g/mol. The van der Waals surface area contributed by atoms with Crippen LogP contribution in [0.3, 0.4) is 0 Å². The molecule has 148 valence electrons. The molecule has 2 amide bonds. The number of carbonyl (C=O) groups is 2. The van der Waals surface area contributed by atoms with Crippen LogP contribution in [-0.2, 0) is 9.59 Å². The normalized spacial score (nSPS) is 20.2. The second kappa shape index (κ2) is 9.05. The quantitative estimate of drug-likeness (QED) is 0.775. The van der Waals surface area contributed by atoms with Crippen molar-refractivity contribution in [2.75, 3.05) is 5.32 Å². The van der Waals surface area contributed by atoms with Crippen LogP contribution in [0, 0.1) is 25.7 Å². The number of carbonyl (C=O) groups excluding carboxylic acids is 2. The van der Waals surface area contributed by atoms with Crippen LogP contribution in [-0.4, -0.2) is 11.8 Å². The molecule has 0 aliphatic heterocycles. The summed E-state index contributed by atoms with van der Waals surface area (Å²) in [5.74, 6) is 0.153. The first-order valence-corrected chi connectivity index (χ1v) is 10.2. The fraction of sp³-hybridized carbons (Fsp3) is 0.417. The van der Waals surface area contributed by atoms with Gasteiger partial charge >= 0.3 is 0 Å². The SMILES string of the molecule is Cc1ccc(NC(=O)C2CCC(C(=O)NC(C)c3ccccc3)CC2)c(C)c1. The van der Waals surface area contributed by atoms with Crippen molar-refractivity contribution in [2.24, 2.45) is 11.8 Å². The van der Waals surface area contributed by atoms with Crippen LogP contribution in [0.25, 0.3) is 0 Å². The second-order valence-electron chi connectivity index (χ2n) is 8.00. The molecule has 0 spiro atoms. The molecule has 1 aliphatic carbocycles. The topological polar surface area (TPSA) is 58.2 Å². The minimum Gasteiger partial charge on any atom is -0.349 e. The molecule has 0 aromatic heterocycles. The first-order valence-electron chi connectivity index (χ1n) is 10.2. The van der Waals surface area contributed by atoms with Gasteiger partial charge < -0.3 is 10.6 Å². The van der Waals surface area contributed by atoms with E-state index in [9.17, 15) is 9.59 Å². The van der Waals surface area contributed by atoms with E-state index in [1.807, 2.05) is 63.2 Å². The molecule has 3 rings (SSSR count). The summed E-state index contributed by atoms with van der Waals surface area (Å²) < 4.78 is 0. The molecule has 0 radical (unpaired) electrons. The van der Waals surface area contributed by atoms with Crippen molar-refractivity contribution in [1.29, 1.82) is 0 Å². The molecule has 28 heavy (non-hydrogen) atoms. The van der Waals surface area contributed by atoms with Crippen molar-refractivity contribution < 1.29 is 9.59 Å². The Morgan fingerprint density at radius 3 is 2.11 bits per heavy atom. The van der Waals surface area contributed by atoms with Crippen LogP contribution in [0.5, 0.6) is 0 Å². The Hall–Kier alpha value is -2.62. The van der Waals surface area contributed by atoms with Gasteiger partial charge in [0.2, 0.25) is 11.8 Å². The Labute approximate surface area is 167 Å². The van der Waals surface area contributed by atoms with Gasteiger partial charge in [-0.25, -0.2) is 0 Å². The smallest absolute Gasteiger partial charge is 0.227 e. The van der Waals surface area contributed by atoms with E-state index < -0.39 is 0 Å². The summed E-state index contributed by atoms with van der Waals surface area (Å²) in [6, 6.07) is 16.0. The fourth-order valence-electron chi connectivity index (χ4n) is 3.96. The van der Waals surface area contributed by atoms with Crippen molar-refractivity contribution in [3.63, 3.8) is 0 Å². The predicted octanol–water partition coefficient (Wildman–Crippen LogP) is 4.93. The number of hydrogen-bond donors (Lipinski definition) is 2. The van der Waals surface area contributed by atoms with Gasteiger partial charge in [-0.3, -0.25) is 9.59 Å². The Morgan fingerprint density at radius 2 is 1.50 bits per heavy atom. The van der Waals surface area contributed by atoms with E-state index >= 15 is 0 Å². The highest BCUT2D eigenvalue weighted by molar-refractivity contribution is 5.93. The third-order valence-electron chi connectivity index (χ3n) is 5.77. The third kappa shape index (κ3) is 5.00. The average Bonchev–Trinajstić information content (AvgIpc) is 2.70. The minimum absolute atomic E-state index is 0.000709. The lowest BCUT2D eigenvalue weighted by atomic mass is 9.81. The van der Waals surface area contributed by atoms with E-state index in [4.69, 9.17) is 0 Å². The maximum Gasteiger partial charge on any atom is 0.227 e. The van der Waals surface area contributed by atoms with Crippen LogP contribution in [0.15, 0.2) is 48.5 Å². The van der Waals surface area contributed by atoms with Crippen molar-refractivity contribution in [3.8, 4) is 0 Å². The van der Waals surface area contributed by atoms with Gasteiger partial charge in [-0.2, -0.15) is 0 Å². The standard InChI is InChI=1S/C24H30N2O2/c1-16-9-14-22(17(2)15-16)26-24(28)21-12-10-20(11-13-21)23(27)25-18(3)19-7-5-4-6-8-19/h4-9,14-15,18,20-21H,10-13H2,1-3H3,(H,25,27)(H,26,28). The summed E-state index contributed by atoms with van der Waals surface area (Å²) >= 11 is 0. The molecule has 1 fully saturated rings. The zero-order valence-electron chi connectivity index (χ0n) is 17.0. The minimum atomic E-state index is -0.0173. The molecule has 1 atom stereocenters. The van der Waals surface area contributed by atoms with E-state index in [1.165, 1.54) is 5.56 Å². The van der Waals surface area contributed by atoms with Gasteiger partial charge in [0.05, 0.1) is 6.04 Å². The number of rotatable bonds is 5. The van der Waals surface area contributed by atoms with E-state index in [0.717, 1.165) is 42.5 Å². The van der Waals surface area contributed by atoms with E-state index in [-0.39, 0.29) is 29.7 Å². The lowest BCUT2D eigenvalue weighted by molar-refractivity contribution is -0.129. The zero-order chi connectivity index (χ0) is 20.1. The summed E-state index contributed by atoms with van der Waals surface area (Å²) in [4.78, 5) is 25.2. The molecule has 1 saturated carbocycles. The highest BCUT2D eigenvalue weighted by Crippen LogP contribution is 2.31. The summed E-state index contributed by atoms with van der Waals surface area (Å²) in [6.45, 7) is 6.07. The Balaban J connectivity index is 1.49.